The number of benzene rings is 1. The van der Waals surface area contributed by atoms with E-state index in [1.165, 1.54) is 23.1 Å². The van der Waals surface area contributed by atoms with Crippen LogP contribution in [0.3, 0.4) is 0 Å². The molecule has 2 heteroatoms. The molecule has 0 bridgehead atoms. The zero-order valence-corrected chi connectivity index (χ0v) is 9.96. The van der Waals surface area contributed by atoms with E-state index in [4.69, 9.17) is 16.3 Å². The highest BCUT2D eigenvalue weighted by molar-refractivity contribution is 6.22. The predicted octanol–water partition coefficient (Wildman–Crippen LogP) is 3.80. The Morgan fingerprint density at radius 2 is 2.19 bits per heavy atom. The number of fused-ring (bicyclic) bond motifs is 1. The molecule has 0 amide bonds. The molecule has 0 fully saturated rings. The van der Waals surface area contributed by atoms with Crippen LogP contribution in [0.2, 0.25) is 0 Å². The maximum Gasteiger partial charge on any atom is 0.122 e. The Bertz CT molecular complexity index is 436. The molecule has 1 unspecified atom stereocenters. The summed E-state index contributed by atoms with van der Waals surface area (Å²) in [6, 6.07) is 6.52. The third-order valence-corrected chi connectivity index (χ3v) is 3.71. The zero-order valence-electron chi connectivity index (χ0n) is 9.21. The Kier molecular flexibility index (Phi) is 2.64. The second-order valence-electron chi connectivity index (χ2n) is 4.52. The van der Waals surface area contributed by atoms with Crippen LogP contribution in [0.5, 0.6) is 5.75 Å². The molecule has 1 aromatic carbocycles. The lowest BCUT2D eigenvalue weighted by molar-refractivity contribution is 0.357. The van der Waals surface area contributed by atoms with Crippen LogP contribution < -0.4 is 4.74 Å². The molecule has 16 heavy (non-hydrogen) atoms. The smallest absolute Gasteiger partial charge is 0.122 e. The molecule has 0 saturated carbocycles. The molecule has 2 aliphatic rings. The van der Waals surface area contributed by atoms with Gasteiger partial charge in [0.1, 0.15) is 5.75 Å². The molecule has 0 aromatic heterocycles. The van der Waals surface area contributed by atoms with Gasteiger partial charge in [0.05, 0.1) is 12.0 Å². The molecule has 1 aromatic rings. The van der Waals surface area contributed by atoms with Crippen molar-refractivity contribution < 1.29 is 4.74 Å². The average molecular weight is 235 g/mol. The van der Waals surface area contributed by atoms with E-state index in [0.717, 1.165) is 31.6 Å². The quantitative estimate of drug-likeness (QED) is 0.672. The van der Waals surface area contributed by atoms with Crippen molar-refractivity contribution in [3.05, 3.63) is 35.4 Å². The van der Waals surface area contributed by atoms with Crippen molar-refractivity contribution in [3.63, 3.8) is 0 Å². The van der Waals surface area contributed by atoms with Crippen molar-refractivity contribution in [2.45, 2.75) is 31.1 Å². The van der Waals surface area contributed by atoms with E-state index in [9.17, 15) is 0 Å². The molecule has 0 saturated heterocycles. The molecule has 1 atom stereocenters. The summed E-state index contributed by atoms with van der Waals surface area (Å²) in [5.41, 5.74) is 4.07. The van der Waals surface area contributed by atoms with Crippen LogP contribution in [-0.2, 0) is 6.42 Å². The van der Waals surface area contributed by atoms with E-state index in [2.05, 4.69) is 24.3 Å². The van der Waals surface area contributed by atoms with Crippen LogP contribution in [0.1, 0.15) is 30.4 Å². The van der Waals surface area contributed by atoms with Crippen LogP contribution in [-0.4, -0.2) is 12.0 Å². The van der Waals surface area contributed by atoms with Crippen LogP contribution in [0.4, 0.5) is 0 Å². The molecule has 1 aliphatic heterocycles. The summed E-state index contributed by atoms with van der Waals surface area (Å²) in [5, 5.41) is 0.216. The number of hydrogen-bond donors (Lipinski definition) is 0. The normalized spacial score (nSPS) is 23.6. The average Bonchev–Trinajstić information content (AvgIpc) is 2.75. The maximum absolute atomic E-state index is 6.18. The molecule has 3 rings (SSSR count). The van der Waals surface area contributed by atoms with E-state index in [0.29, 0.717) is 0 Å². The fourth-order valence-corrected chi connectivity index (χ4v) is 2.81. The SMILES string of the molecule is ClC1C=C(c2ccc3c(c2)CCO3)CCC1. The summed E-state index contributed by atoms with van der Waals surface area (Å²) >= 11 is 6.18. The van der Waals surface area contributed by atoms with Gasteiger partial charge in [0.25, 0.3) is 0 Å². The predicted molar refractivity (Wildman–Crippen MR) is 67.1 cm³/mol. The van der Waals surface area contributed by atoms with Crippen molar-refractivity contribution in [2.75, 3.05) is 6.61 Å². The van der Waals surface area contributed by atoms with Crippen molar-refractivity contribution in [1.82, 2.24) is 0 Å². The first kappa shape index (κ1) is 10.2. The third-order valence-electron chi connectivity index (χ3n) is 3.37. The topological polar surface area (TPSA) is 9.23 Å². The Hall–Kier alpha value is -0.950. The lowest BCUT2D eigenvalue weighted by atomic mass is 9.92. The van der Waals surface area contributed by atoms with Gasteiger partial charge in [0, 0.05) is 6.42 Å². The van der Waals surface area contributed by atoms with Gasteiger partial charge in [-0.2, -0.15) is 0 Å². The molecule has 1 heterocycles. The molecule has 0 radical (unpaired) electrons. The van der Waals surface area contributed by atoms with Crippen molar-refractivity contribution in [1.29, 1.82) is 0 Å². The van der Waals surface area contributed by atoms with E-state index < -0.39 is 0 Å². The van der Waals surface area contributed by atoms with Gasteiger partial charge >= 0.3 is 0 Å². The highest BCUT2D eigenvalue weighted by Gasteiger charge is 2.16. The number of hydrogen-bond acceptors (Lipinski definition) is 1. The van der Waals surface area contributed by atoms with Gasteiger partial charge in [-0.3, -0.25) is 0 Å². The fraction of sp³-hybridized carbons (Fsp3) is 0.429. The minimum atomic E-state index is 0.216. The third kappa shape index (κ3) is 1.84. The second kappa shape index (κ2) is 4.14. The van der Waals surface area contributed by atoms with Crippen LogP contribution >= 0.6 is 11.6 Å². The summed E-state index contributed by atoms with van der Waals surface area (Å²) in [4.78, 5) is 0. The van der Waals surface area contributed by atoms with Gasteiger partial charge < -0.3 is 4.74 Å². The Labute approximate surface area is 101 Å². The largest absolute Gasteiger partial charge is 0.493 e. The van der Waals surface area contributed by atoms with Gasteiger partial charge in [0.2, 0.25) is 0 Å². The number of alkyl halides is 1. The molecule has 0 N–H and O–H groups in total. The number of ether oxygens (including phenoxy) is 1. The van der Waals surface area contributed by atoms with Gasteiger partial charge in [0.15, 0.2) is 0 Å². The number of rotatable bonds is 1. The number of halogens is 1. The minimum absolute atomic E-state index is 0.216. The fourth-order valence-electron chi connectivity index (χ4n) is 2.50. The standard InChI is InChI=1S/C14H15ClO/c15-13-3-1-2-10(9-13)11-4-5-14-12(8-11)6-7-16-14/h4-5,8-9,13H,1-3,6-7H2. The maximum atomic E-state index is 6.18. The minimum Gasteiger partial charge on any atom is -0.493 e. The summed E-state index contributed by atoms with van der Waals surface area (Å²) in [6.45, 7) is 0.829. The first-order valence-electron chi connectivity index (χ1n) is 5.94. The van der Waals surface area contributed by atoms with Crippen LogP contribution in [0, 0.1) is 0 Å². The first-order chi connectivity index (χ1) is 7.83. The van der Waals surface area contributed by atoms with Crippen molar-refractivity contribution >= 4 is 17.2 Å². The summed E-state index contributed by atoms with van der Waals surface area (Å²) in [5.74, 6) is 1.06. The van der Waals surface area contributed by atoms with E-state index in [-0.39, 0.29) is 5.38 Å². The van der Waals surface area contributed by atoms with Gasteiger partial charge in [-0.1, -0.05) is 12.1 Å². The Balaban J connectivity index is 1.95. The van der Waals surface area contributed by atoms with Crippen molar-refractivity contribution in [3.8, 4) is 5.75 Å². The molecular formula is C14H15ClO. The highest BCUT2D eigenvalue weighted by atomic mass is 35.5. The molecule has 0 spiro atoms. The van der Waals surface area contributed by atoms with E-state index >= 15 is 0 Å². The molecule has 1 aliphatic carbocycles. The first-order valence-corrected chi connectivity index (χ1v) is 6.37. The Morgan fingerprint density at radius 1 is 1.25 bits per heavy atom. The summed E-state index contributed by atoms with van der Waals surface area (Å²) in [7, 11) is 0. The van der Waals surface area contributed by atoms with Crippen LogP contribution in [0.25, 0.3) is 5.57 Å². The lowest BCUT2D eigenvalue weighted by Gasteiger charge is -2.17. The van der Waals surface area contributed by atoms with Gasteiger partial charge in [-0.25, -0.2) is 0 Å². The molecular weight excluding hydrogens is 220 g/mol. The zero-order chi connectivity index (χ0) is 11.0. The van der Waals surface area contributed by atoms with Crippen LogP contribution in [0.15, 0.2) is 24.3 Å². The summed E-state index contributed by atoms with van der Waals surface area (Å²) in [6.07, 6.45) is 6.72. The second-order valence-corrected chi connectivity index (χ2v) is 5.08. The molecule has 84 valence electrons. The highest BCUT2D eigenvalue weighted by Crippen LogP contribution is 2.33. The molecule has 1 nitrogen and oxygen atoms in total. The summed E-state index contributed by atoms with van der Waals surface area (Å²) < 4.78 is 5.52. The van der Waals surface area contributed by atoms with Crippen molar-refractivity contribution in [2.24, 2.45) is 0 Å². The van der Waals surface area contributed by atoms with E-state index in [1.807, 2.05) is 0 Å². The monoisotopic (exact) mass is 234 g/mol. The lowest BCUT2D eigenvalue weighted by Crippen LogP contribution is -2.02. The van der Waals surface area contributed by atoms with E-state index in [1.54, 1.807) is 0 Å². The number of allylic oxidation sites excluding steroid dienone is 2. The Morgan fingerprint density at radius 3 is 3.06 bits per heavy atom. The van der Waals surface area contributed by atoms with Gasteiger partial charge in [-0.05, 0) is 48.1 Å². The van der Waals surface area contributed by atoms with Gasteiger partial charge in [-0.15, -0.1) is 11.6 Å².